The SMILES string of the molecule is CC1(C)C2CCC1[C@@H](C[C@H](N)C(=O)O)C2. The molecule has 2 saturated carbocycles. The first-order valence-corrected chi connectivity index (χ1v) is 5.91. The van der Waals surface area contributed by atoms with Crippen LogP contribution >= 0.6 is 0 Å². The third-order valence-corrected chi connectivity index (χ3v) is 4.86. The molecule has 2 bridgehead atoms. The number of fused-ring (bicyclic) bond motifs is 2. The Balaban J connectivity index is 2.00. The van der Waals surface area contributed by atoms with Gasteiger partial charge in [-0.05, 0) is 48.9 Å². The first-order valence-electron chi connectivity index (χ1n) is 5.91. The maximum Gasteiger partial charge on any atom is 0.320 e. The van der Waals surface area contributed by atoms with E-state index in [2.05, 4.69) is 13.8 Å². The summed E-state index contributed by atoms with van der Waals surface area (Å²) in [6.45, 7) is 4.67. The van der Waals surface area contributed by atoms with Crippen LogP contribution < -0.4 is 5.73 Å². The molecular formula is C12H21NO2. The number of rotatable bonds is 3. The summed E-state index contributed by atoms with van der Waals surface area (Å²) < 4.78 is 0. The van der Waals surface area contributed by atoms with Crippen LogP contribution in [0.3, 0.4) is 0 Å². The van der Waals surface area contributed by atoms with Crippen LogP contribution in [-0.4, -0.2) is 17.1 Å². The van der Waals surface area contributed by atoms with Gasteiger partial charge in [-0.2, -0.15) is 0 Å². The van der Waals surface area contributed by atoms with E-state index < -0.39 is 12.0 Å². The van der Waals surface area contributed by atoms with Crippen molar-refractivity contribution in [3.8, 4) is 0 Å². The lowest BCUT2D eigenvalue weighted by Crippen LogP contribution is -2.34. The van der Waals surface area contributed by atoms with Gasteiger partial charge in [0.05, 0.1) is 0 Å². The summed E-state index contributed by atoms with van der Waals surface area (Å²) in [4.78, 5) is 10.7. The van der Waals surface area contributed by atoms with Gasteiger partial charge < -0.3 is 10.8 Å². The molecule has 0 aromatic heterocycles. The van der Waals surface area contributed by atoms with E-state index in [1.165, 1.54) is 19.3 Å². The molecule has 2 aliphatic rings. The number of carbonyl (C=O) groups is 1. The Kier molecular flexibility index (Phi) is 2.53. The third-order valence-electron chi connectivity index (χ3n) is 4.86. The van der Waals surface area contributed by atoms with Crippen molar-refractivity contribution in [2.24, 2.45) is 28.9 Å². The van der Waals surface area contributed by atoms with E-state index in [1.54, 1.807) is 0 Å². The number of carboxylic acids is 1. The normalized spacial score (nSPS) is 39.3. The summed E-state index contributed by atoms with van der Waals surface area (Å²) in [5.41, 5.74) is 6.04. The van der Waals surface area contributed by atoms with Crippen molar-refractivity contribution in [2.75, 3.05) is 0 Å². The van der Waals surface area contributed by atoms with E-state index >= 15 is 0 Å². The number of aliphatic carboxylic acids is 1. The second kappa shape index (κ2) is 3.48. The lowest BCUT2D eigenvalue weighted by Gasteiger charge is -2.27. The summed E-state index contributed by atoms with van der Waals surface area (Å²) in [5.74, 6) is 1.20. The zero-order valence-electron chi connectivity index (χ0n) is 9.57. The molecule has 3 N–H and O–H groups in total. The molecule has 2 unspecified atom stereocenters. The number of carboxylic acid groups (broad SMARTS) is 1. The molecule has 0 aliphatic heterocycles. The molecule has 0 amide bonds. The average Bonchev–Trinajstić information content (AvgIpc) is 2.54. The van der Waals surface area contributed by atoms with E-state index in [9.17, 15) is 4.79 Å². The molecule has 0 radical (unpaired) electrons. The smallest absolute Gasteiger partial charge is 0.320 e. The number of hydrogen-bond donors (Lipinski definition) is 2. The topological polar surface area (TPSA) is 63.3 Å². The Morgan fingerprint density at radius 1 is 1.53 bits per heavy atom. The second-order valence-corrected chi connectivity index (χ2v) is 5.88. The molecule has 15 heavy (non-hydrogen) atoms. The predicted molar refractivity (Wildman–Crippen MR) is 58.3 cm³/mol. The first kappa shape index (κ1) is 10.9. The molecule has 0 spiro atoms. The van der Waals surface area contributed by atoms with Gasteiger partial charge in [-0.25, -0.2) is 0 Å². The van der Waals surface area contributed by atoms with Crippen LogP contribution in [0.4, 0.5) is 0 Å². The van der Waals surface area contributed by atoms with Gasteiger partial charge in [-0.15, -0.1) is 0 Å². The van der Waals surface area contributed by atoms with Crippen molar-refractivity contribution in [3.05, 3.63) is 0 Å². The minimum Gasteiger partial charge on any atom is -0.480 e. The van der Waals surface area contributed by atoms with Crippen molar-refractivity contribution >= 4 is 5.97 Å². The molecule has 2 rings (SSSR count). The molecule has 3 heteroatoms. The van der Waals surface area contributed by atoms with E-state index in [-0.39, 0.29) is 0 Å². The van der Waals surface area contributed by atoms with E-state index in [0.29, 0.717) is 23.7 Å². The molecule has 0 heterocycles. The summed E-state index contributed by atoms with van der Waals surface area (Å²) in [7, 11) is 0. The van der Waals surface area contributed by atoms with Crippen molar-refractivity contribution in [3.63, 3.8) is 0 Å². The zero-order chi connectivity index (χ0) is 11.2. The molecule has 4 atom stereocenters. The van der Waals surface area contributed by atoms with E-state index in [4.69, 9.17) is 10.8 Å². The summed E-state index contributed by atoms with van der Waals surface area (Å²) >= 11 is 0. The van der Waals surface area contributed by atoms with Crippen molar-refractivity contribution in [1.82, 2.24) is 0 Å². The maximum absolute atomic E-state index is 10.7. The molecular weight excluding hydrogens is 190 g/mol. The minimum absolute atomic E-state index is 0.420. The predicted octanol–water partition coefficient (Wildman–Crippen LogP) is 1.86. The van der Waals surface area contributed by atoms with Crippen LogP contribution in [0.1, 0.15) is 39.5 Å². The van der Waals surface area contributed by atoms with Crippen molar-refractivity contribution < 1.29 is 9.90 Å². The maximum atomic E-state index is 10.7. The largest absolute Gasteiger partial charge is 0.480 e. The van der Waals surface area contributed by atoms with E-state index in [0.717, 1.165) is 5.92 Å². The van der Waals surface area contributed by atoms with Crippen molar-refractivity contribution in [1.29, 1.82) is 0 Å². The Morgan fingerprint density at radius 3 is 2.60 bits per heavy atom. The standard InChI is InChI=1S/C12H21NO2/c1-12(2)8-3-4-9(12)7(5-8)6-10(13)11(14)15/h7-10H,3-6,13H2,1-2H3,(H,14,15)/t7-,8?,9?,10+/m1/s1. The summed E-state index contributed by atoms with van der Waals surface area (Å²) in [6, 6.07) is -0.662. The van der Waals surface area contributed by atoms with Gasteiger partial charge in [-0.3, -0.25) is 4.79 Å². The molecule has 0 saturated heterocycles. The molecule has 3 nitrogen and oxygen atoms in total. The van der Waals surface area contributed by atoms with Gasteiger partial charge in [0.1, 0.15) is 6.04 Å². The van der Waals surface area contributed by atoms with Gasteiger partial charge in [-0.1, -0.05) is 13.8 Å². The lowest BCUT2D eigenvalue weighted by molar-refractivity contribution is -0.139. The highest BCUT2D eigenvalue weighted by Crippen LogP contribution is 2.61. The van der Waals surface area contributed by atoms with Crippen molar-refractivity contribution in [2.45, 2.75) is 45.6 Å². The van der Waals surface area contributed by atoms with Gasteiger partial charge >= 0.3 is 5.97 Å². The fourth-order valence-electron chi connectivity index (χ4n) is 3.91. The Bertz CT molecular complexity index is 275. The highest BCUT2D eigenvalue weighted by molar-refractivity contribution is 5.73. The van der Waals surface area contributed by atoms with Gasteiger partial charge in [0.2, 0.25) is 0 Å². The highest BCUT2D eigenvalue weighted by atomic mass is 16.4. The molecule has 86 valence electrons. The first-order chi connectivity index (χ1) is 6.93. The highest BCUT2D eigenvalue weighted by Gasteiger charge is 2.53. The van der Waals surface area contributed by atoms with Crippen LogP contribution in [0.2, 0.25) is 0 Å². The fourth-order valence-corrected chi connectivity index (χ4v) is 3.91. The Labute approximate surface area is 91.0 Å². The molecule has 0 aromatic carbocycles. The van der Waals surface area contributed by atoms with Gasteiger partial charge in [0.15, 0.2) is 0 Å². The minimum atomic E-state index is -0.851. The quantitative estimate of drug-likeness (QED) is 0.749. The molecule has 2 fully saturated rings. The zero-order valence-corrected chi connectivity index (χ0v) is 9.57. The van der Waals surface area contributed by atoms with E-state index in [1.807, 2.05) is 0 Å². The number of hydrogen-bond acceptors (Lipinski definition) is 2. The van der Waals surface area contributed by atoms with Gasteiger partial charge in [0, 0.05) is 0 Å². The monoisotopic (exact) mass is 211 g/mol. The van der Waals surface area contributed by atoms with Crippen LogP contribution in [0.5, 0.6) is 0 Å². The molecule has 0 aromatic rings. The third kappa shape index (κ3) is 1.67. The van der Waals surface area contributed by atoms with Crippen LogP contribution in [0.15, 0.2) is 0 Å². The summed E-state index contributed by atoms with van der Waals surface area (Å²) in [5, 5.41) is 8.82. The fraction of sp³-hybridized carbons (Fsp3) is 0.917. The molecule has 2 aliphatic carbocycles. The average molecular weight is 211 g/mol. The van der Waals surface area contributed by atoms with Crippen LogP contribution in [0.25, 0.3) is 0 Å². The van der Waals surface area contributed by atoms with Crippen LogP contribution in [0, 0.1) is 23.2 Å². The van der Waals surface area contributed by atoms with Gasteiger partial charge in [0.25, 0.3) is 0 Å². The Morgan fingerprint density at radius 2 is 2.20 bits per heavy atom. The number of nitrogens with two attached hydrogens (primary N) is 1. The Hall–Kier alpha value is -0.570. The lowest BCUT2D eigenvalue weighted by atomic mass is 9.78. The second-order valence-electron chi connectivity index (χ2n) is 5.88. The van der Waals surface area contributed by atoms with Crippen LogP contribution in [-0.2, 0) is 4.79 Å². The summed E-state index contributed by atoms with van der Waals surface area (Å²) in [6.07, 6.45) is 4.46.